The number of phenols is 1. The highest BCUT2D eigenvalue weighted by Gasteiger charge is 2.51. The topological polar surface area (TPSA) is 20.2 Å². The molecule has 0 amide bonds. The molecular weight excluding hydrogens is 340 g/mol. The maximum absolute atomic E-state index is 10.4. The van der Waals surface area contributed by atoms with Gasteiger partial charge in [0.25, 0.3) is 0 Å². The molecule has 0 bridgehead atoms. The summed E-state index contributed by atoms with van der Waals surface area (Å²) in [6, 6.07) is 29.1. The molecule has 0 saturated carbocycles. The van der Waals surface area contributed by atoms with Crippen molar-refractivity contribution >= 4 is 0 Å². The Kier molecular flexibility index (Phi) is 2.82. The minimum Gasteiger partial charge on any atom is -0.508 e. The van der Waals surface area contributed by atoms with Gasteiger partial charge in [0, 0.05) is 5.56 Å². The molecule has 130 valence electrons. The van der Waals surface area contributed by atoms with Crippen LogP contribution in [-0.4, -0.2) is 5.11 Å². The first-order valence-electron chi connectivity index (χ1n) is 9.39. The van der Waals surface area contributed by atoms with Crippen molar-refractivity contribution in [2.75, 3.05) is 0 Å². The molecule has 0 aliphatic heterocycles. The van der Waals surface area contributed by atoms with Crippen LogP contribution >= 0.6 is 0 Å². The molecule has 28 heavy (non-hydrogen) atoms. The van der Waals surface area contributed by atoms with Crippen molar-refractivity contribution < 1.29 is 5.11 Å². The smallest absolute Gasteiger partial charge is 0.115 e. The van der Waals surface area contributed by atoms with E-state index in [1.54, 1.807) is 6.07 Å². The summed E-state index contributed by atoms with van der Waals surface area (Å²) in [5, 5.41) is 10.4. The zero-order chi connectivity index (χ0) is 18.9. The summed E-state index contributed by atoms with van der Waals surface area (Å²) >= 11 is 0. The van der Waals surface area contributed by atoms with Crippen LogP contribution in [0.2, 0.25) is 0 Å². The molecule has 1 unspecified atom stereocenters. The summed E-state index contributed by atoms with van der Waals surface area (Å²) in [7, 11) is 0. The first-order chi connectivity index (χ1) is 13.7. The SMILES string of the molecule is C#Cc1ccc2c(c1)C1(c3ccccc3-c3ccc(O)cc31)c1ccccc1-2. The Balaban J connectivity index is 1.87. The van der Waals surface area contributed by atoms with Gasteiger partial charge in [-0.1, -0.05) is 66.6 Å². The number of terminal acetylenes is 1. The molecule has 1 N–H and O–H groups in total. The van der Waals surface area contributed by atoms with E-state index < -0.39 is 5.41 Å². The molecule has 1 nitrogen and oxygen atoms in total. The van der Waals surface area contributed by atoms with Gasteiger partial charge in [-0.05, 0) is 68.8 Å². The minimum absolute atomic E-state index is 0.282. The van der Waals surface area contributed by atoms with Crippen molar-refractivity contribution in [1.82, 2.24) is 0 Å². The number of hydrogen-bond donors (Lipinski definition) is 1. The van der Waals surface area contributed by atoms with E-state index in [0.717, 1.165) is 11.1 Å². The Hall–Kier alpha value is -3.76. The summed E-state index contributed by atoms with van der Waals surface area (Å²) in [6.07, 6.45) is 5.76. The van der Waals surface area contributed by atoms with Crippen LogP contribution in [0.3, 0.4) is 0 Å². The second-order valence-corrected chi connectivity index (χ2v) is 7.48. The molecule has 1 spiro atoms. The molecule has 1 atom stereocenters. The largest absolute Gasteiger partial charge is 0.508 e. The molecule has 4 aromatic rings. The van der Waals surface area contributed by atoms with Crippen LogP contribution in [0.1, 0.15) is 27.8 Å². The second-order valence-electron chi connectivity index (χ2n) is 7.48. The van der Waals surface area contributed by atoms with Crippen molar-refractivity contribution in [3.63, 3.8) is 0 Å². The Morgan fingerprint density at radius 2 is 1.14 bits per heavy atom. The third kappa shape index (κ3) is 1.64. The molecular formula is C27H16O. The lowest BCUT2D eigenvalue weighted by atomic mass is 9.70. The van der Waals surface area contributed by atoms with Crippen molar-refractivity contribution in [2.45, 2.75) is 5.41 Å². The fourth-order valence-corrected chi connectivity index (χ4v) is 5.22. The van der Waals surface area contributed by atoms with E-state index in [0.29, 0.717) is 0 Å². The second kappa shape index (κ2) is 5.15. The van der Waals surface area contributed by atoms with Crippen LogP contribution in [0.25, 0.3) is 22.3 Å². The molecule has 6 rings (SSSR count). The third-order valence-electron chi connectivity index (χ3n) is 6.24. The van der Waals surface area contributed by atoms with Gasteiger partial charge in [0.15, 0.2) is 0 Å². The van der Waals surface area contributed by atoms with Gasteiger partial charge in [-0.2, -0.15) is 0 Å². The summed E-state index contributed by atoms with van der Waals surface area (Å²) in [6.45, 7) is 0. The molecule has 0 heterocycles. The Morgan fingerprint density at radius 3 is 1.79 bits per heavy atom. The highest BCUT2D eigenvalue weighted by atomic mass is 16.3. The summed E-state index contributed by atoms with van der Waals surface area (Å²) in [4.78, 5) is 0. The quantitative estimate of drug-likeness (QED) is 0.345. The van der Waals surface area contributed by atoms with Crippen LogP contribution in [0, 0.1) is 12.3 Å². The summed E-state index contributed by atoms with van der Waals surface area (Å²) in [5.74, 6) is 3.08. The third-order valence-corrected chi connectivity index (χ3v) is 6.24. The number of rotatable bonds is 0. The van der Waals surface area contributed by atoms with Crippen LogP contribution in [0.5, 0.6) is 5.75 Å². The van der Waals surface area contributed by atoms with Gasteiger partial charge in [-0.15, -0.1) is 6.42 Å². The molecule has 2 aliphatic carbocycles. The molecule has 1 heteroatoms. The van der Waals surface area contributed by atoms with Crippen molar-refractivity contribution in [3.8, 4) is 40.3 Å². The first-order valence-corrected chi connectivity index (χ1v) is 9.39. The average molecular weight is 356 g/mol. The van der Waals surface area contributed by atoms with Crippen molar-refractivity contribution in [3.05, 3.63) is 113 Å². The first kappa shape index (κ1) is 15.3. The Morgan fingerprint density at radius 1 is 0.607 bits per heavy atom. The standard InChI is InChI=1S/C27H16O/c1-2-17-11-13-21-19-7-3-5-9-23(19)27(25(21)15-17)24-10-6-4-8-20(24)22-14-12-18(28)16-26(22)27/h1,3-16,28H. The van der Waals surface area contributed by atoms with E-state index >= 15 is 0 Å². The zero-order valence-corrected chi connectivity index (χ0v) is 15.1. The molecule has 0 fully saturated rings. The highest BCUT2D eigenvalue weighted by molar-refractivity contribution is 5.95. The normalized spacial score (nSPS) is 17.5. The maximum Gasteiger partial charge on any atom is 0.115 e. The summed E-state index contributed by atoms with van der Waals surface area (Å²) < 4.78 is 0. The van der Waals surface area contributed by atoms with E-state index in [9.17, 15) is 5.11 Å². The molecule has 0 saturated heterocycles. The van der Waals surface area contributed by atoms with E-state index in [1.807, 2.05) is 18.2 Å². The predicted octanol–water partition coefficient (Wildman–Crippen LogP) is 5.72. The van der Waals surface area contributed by atoms with E-state index in [1.165, 1.54) is 38.9 Å². The van der Waals surface area contributed by atoms with Gasteiger partial charge < -0.3 is 5.11 Å². The molecule has 4 aromatic carbocycles. The van der Waals surface area contributed by atoms with Crippen molar-refractivity contribution in [1.29, 1.82) is 0 Å². The lowest BCUT2D eigenvalue weighted by molar-refractivity contribution is 0.474. The van der Waals surface area contributed by atoms with Gasteiger partial charge in [-0.3, -0.25) is 0 Å². The highest BCUT2D eigenvalue weighted by Crippen LogP contribution is 2.63. The number of aromatic hydroxyl groups is 1. The predicted molar refractivity (Wildman–Crippen MR) is 112 cm³/mol. The number of fused-ring (bicyclic) bond motifs is 10. The van der Waals surface area contributed by atoms with Gasteiger partial charge >= 0.3 is 0 Å². The fraction of sp³-hybridized carbons (Fsp3) is 0.0370. The molecule has 0 radical (unpaired) electrons. The lowest BCUT2D eigenvalue weighted by Gasteiger charge is -2.30. The minimum atomic E-state index is -0.455. The number of benzene rings is 4. The van der Waals surface area contributed by atoms with Gasteiger partial charge in [0.1, 0.15) is 5.75 Å². The monoisotopic (exact) mass is 356 g/mol. The fourth-order valence-electron chi connectivity index (χ4n) is 5.22. The summed E-state index contributed by atoms with van der Waals surface area (Å²) in [5.41, 5.74) is 10.0. The number of phenolic OH excluding ortho intramolecular Hbond substituents is 1. The Bertz CT molecular complexity index is 1330. The maximum atomic E-state index is 10.4. The van der Waals surface area contributed by atoms with Crippen LogP contribution in [0.15, 0.2) is 84.9 Å². The van der Waals surface area contributed by atoms with E-state index in [4.69, 9.17) is 6.42 Å². The number of hydrogen-bond acceptors (Lipinski definition) is 1. The molecule has 2 aliphatic rings. The van der Waals surface area contributed by atoms with Crippen LogP contribution in [0.4, 0.5) is 0 Å². The molecule has 0 aromatic heterocycles. The van der Waals surface area contributed by atoms with Gasteiger partial charge in [0.05, 0.1) is 5.41 Å². The van der Waals surface area contributed by atoms with Gasteiger partial charge in [-0.25, -0.2) is 0 Å². The Labute approximate surface area is 163 Å². The van der Waals surface area contributed by atoms with Gasteiger partial charge in [0.2, 0.25) is 0 Å². The van der Waals surface area contributed by atoms with Crippen LogP contribution < -0.4 is 0 Å². The van der Waals surface area contributed by atoms with E-state index in [-0.39, 0.29) is 5.75 Å². The van der Waals surface area contributed by atoms with Crippen LogP contribution in [-0.2, 0) is 5.41 Å². The average Bonchev–Trinajstić information content (AvgIpc) is 3.20. The zero-order valence-electron chi connectivity index (χ0n) is 15.1. The van der Waals surface area contributed by atoms with E-state index in [2.05, 4.69) is 66.6 Å². The lowest BCUT2D eigenvalue weighted by Crippen LogP contribution is -2.25. The van der Waals surface area contributed by atoms with Crippen molar-refractivity contribution in [2.24, 2.45) is 0 Å².